The molecule has 1 amide bonds. The summed E-state index contributed by atoms with van der Waals surface area (Å²) in [5, 5.41) is 11.4. The minimum atomic E-state index is -0.178. The van der Waals surface area contributed by atoms with E-state index in [2.05, 4.69) is 39.8 Å². The van der Waals surface area contributed by atoms with Crippen LogP contribution in [0.4, 0.5) is 0 Å². The first-order valence-electron chi connectivity index (χ1n) is 8.51. The zero-order valence-electron chi connectivity index (χ0n) is 14.8. The first-order chi connectivity index (χ1) is 12.7. The van der Waals surface area contributed by atoms with Crippen LogP contribution in [0.25, 0.3) is 0 Å². The van der Waals surface area contributed by atoms with Gasteiger partial charge in [-0.25, -0.2) is 0 Å². The van der Waals surface area contributed by atoms with Crippen molar-refractivity contribution >= 4 is 29.1 Å². The van der Waals surface area contributed by atoms with Crippen LogP contribution in [0, 0.1) is 6.92 Å². The quantitative estimate of drug-likeness (QED) is 0.627. The summed E-state index contributed by atoms with van der Waals surface area (Å²) in [7, 11) is 0. The van der Waals surface area contributed by atoms with Gasteiger partial charge in [0.15, 0.2) is 5.17 Å². The molecule has 0 bridgehead atoms. The van der Waals surface area contributed by atoms with Gasteiger partial charge in [-0.15, -0.1) is 5.10 Å². The van der Waals surface area contributed by atoms with E-state index < -0.39 is 0 Å². The van der Waals surface area contributed by atoms with Crippen molar-refractivity contribution in [1.82, 2.24) is 5.32 Å². The summed E-state index contributed by atoms with van der Waals surface area (Å²) < 4.78 is 5.55. The van der Waals surface area contributed by atoms with Crippen molar-refractivity contribution in [3.8, 4) is 5.75 Å². The van der Waals surface area contributed by atoms with Crippen LogP contribution < -0.4 is 10.1 Å². The van der Waals surface area contributed by atoms with Crippen molar-refractivity contribution in [3.63, 3.8) is 0 Å². The van der Waals surface area contributed by atoms with E-state index in [1.807, 2.05) is 38.1 Å². The van der Waals surface area contributed by atoms with Crippen molar-refractivity contribution in [1.29, 1.82) is 0 Å². The van der Waals surface area contributed by atoms with E-state index in [0.717, 1.165) is 16.9 Å². The number of hydrogen-bond donors (Lipinski definition) is 1. The highest BCUT2D eigenvalue weighted by atomic mass is 32.2. The number of thioether (sulfide) groups is 1. The Bertz CT molecular complexity index is 831. The monoisotopic (exact) mass is 367 g/mol. The predicted molar refractivity (Wildman–Crippen MR) is 107 cm³/mol. The van der Waals surface area contributed by atoms with Crippen LogP contribution in [-0.2, 0) is 11.2 Å². The van der Waals surface area contributed by atoms with Crippen molar-refractivity contribution in [2.45, 2.75) is 25.5 Å². The Morgan fingerprint density at radius 3 is 2.73 bits per heavy atom. The molecule has 1 heterocycles. The number of aryl methyl sites for hydroxylation is 1. The third-order valence-electron chi connectivity index (χ3n) is 3.88. The van der Waals surface area contributed by atoms with Gasteiger partial charge in [0.25, 0.3) is 0 Å². The maximum atomic E-state index is 12.1. The lowest BCUT2D eigenvalue weighted by Gasteiger charge is -2.05. The summed E-state index contributed by atoms with van der Waals surface area (Å²) in [6, 6.07) is 15.9. The molecule has 0 radical (unpaired) electrons. The Labute approximate surface area is 157 Å². The third-order valence-corrected chi connectivity index (χ3v) is 4.95. The minimum Gasteiger partial charge on any atom is -0.493 e. The van der Waals surface area contributed by atoms with Gasteiger partial charge in [0.05, 0.1) is 18.1 Å². The van der Waals surface area contributed by atoms with Crippen molar-refractivity contribution in [2.24, 2.45) is 10.2 Å². The van der Waals surface area contributed by atoms with Crippen LogP contribution in [0.3, 0.4) is 0 Å². The van der Waals surface area contributed by atoms with Crippen LogP contribution >= 0.6 is 11.8 Å². The number of amidine groups is 1. The van der Waals surface area contributed by atoms with E-state index in [9.17, 15) is 4.79 Å². The molecule has 1 saturated heterocycles. The summed E-state index contributed by atoms with van der Waals surface area (Å²) in [6.45, 7) is 4.58. The highest BCUT2D eigenvalue weighted by Crippen LogP contribution is 2.23. The van der Waals surface area contributed by atoms with Crippen LogP contribution in [0.1, 0.15) is 23.6 Å². The number of nitrogens with one attached hydrogen (secondary N) is 1. The zero-order chi connectivity index (χ0) is 18.4. The van der Waals surface area contributed by atoms with E-state index in [1.54, 1.807) is 6.21 Å². The van der Waals surface area contributed by atoms with Gasteiger partial charge in [-0.1, -0.05) is 53.7 Å². The van der Waals surface area contributed by atoms with Gasteiger partial charge in [-0.3, -0.25) is 4.79 Å². The van der Waals surface area contributed by atoms with E-state index in [4.69, 9.17) is 4.74 Å². The largest absolute Gasteiger partial charge is 0.493 e. The zero-order valence-corrected chi connectivity index (χ0v) is 15.6. The van der Waals surface area contributed by atoms with Gasteiger partial charge in [0.1, 0.15) is 5.75 Å². The summed E-state index contributed by atoms with van der Waals surface area (Å²) in [4.78, 5) is 12.1. The standard InChI is InChI=1S/C20H21N3O2S/c1-3-25-17-7-5-4-6-16(17)13-21-23-20-22-19(24)18(26-20)12-15-10-8-14(2)9-11-15/h4-11,13,18H,3,12H2,1-2H3,(H,22,23,24)/b21-13+. The molecule has 1 aliphatic rings. The molecular weight excluding hydrogens is 346 g/mol. The lowest BCUT2D eigenvalue weighted by atomic mass is 10.1. The number of carbonyl (C=O) groups excluding carboxylic acids is 1. The number of nitrogens with zero attached hydrogens (tertiary/aromatic N) is 2. The van der Waals surface area contributed by atoms with Crippen molar-refractivity contribution < 1.29 is 9.53 Å². The Kier molecular flexibility index (Phi) is 6.07. The molecule has 1 unspecified atom stereocenters. The first kappa shape index (κ1) is 18.2. The SMILES string of the molecule is CCOc1ccccc1/C=N/N=C1\NC(=O)C(Cc2ccc(C)cc2)S1. The van der Waals surface area contributed by atoms with Gasteiger partial charge in [0, 0.05) is 5.56 Å². The molecule has 1 aliphatic heterocycles. The Morgan fingerprint density at radius 2 is 1.96 bits per heavy atom. The molecule has 3 rings (SSSR count). The molecule has 1 fully saturated rings. The van der Waals surface area contributed by atoms with E-state index >= 15 is 0 Å². The molecule has 6 heteroatoms. The van der Waals surface area contributed by atoms with Crippen LogP contribution in [0.15, 0.2) is 58.7 Å². The lowest BCUT2D eigenvalue weighted by Crippen LogP contribution is -2.25. The molecule has 1 N–H and O–H groups in total. The first-order valence-corrected chi connectivity index (χ1v) is 9.39. The number of para-hydroxylation sites is 1. The number of hydrogen-bond acceptors (Lipinski definition) is 5. The average molecular weight is 367 g/mol. The highest BCUT2D eigenvalue weighted by molar-refractivity contribution is 8.15. The van der Waals surface area contributed by atoms with Crippen LogP contribution in [-0.4, -0.2) is 29.1 Å². The topological polar surface area (TPSA) is 63.1 Å². The molecule has 2 aromatic rings. The number of amides is 1. The van der Waals surface area contributed by atoms with E-state index in [-0.39, 0.29) is 11.2 Å². The second kappa shape index (κ2) is 8.67. The Hall–Kier alpha value is -2.60. The number of carbonyl (C=O) groups is 1. The smallest absolute Gasteiger partial charge is 0.239 e. The van der Waals surface area contributed by atoms with E-state index in [0.29, 0.717) is 18.2 Å². The Morgan fingerprint density at radius 1 is 1.19 bits per heavy atom. The molecule has 0 spiro atoms. The van der Waals surface area contributed by atoms with Gasteiger partial charge in [0.2, 0.25) is 5.91 Å². The predicted octanol–water partition coefficient (Wildman–Crippen LogP) is 3.56. The molecule has 2 aromatic carbocycles. The third kappa shape index (κ3) is 4.73. The van der Waals surface area contributed by atoms with Crippen LogP contribution in [0.2, 0.25) is 0 Å². The van der Waals surface area contributed by atoms with Gasteiger partial charge >= 0.3 is 0 Å². The minimum absolute atomic E-state index is 0.0285. The van der Waals surface area contributed by atoms with E-state index in [1.165, 1.54) is 17.3 Å². The summed E-state index contributed by atoms with van der Waals surface area (Å²) in [5.41, 5.74) is 3.20. The van der Waals surface area contributed by atoms with Crippen LogP contribution in [0.5, 0.6) is 5.75 Å². The molecule has 5 nitrogen and oxygen atoms in total. The fourth-order valence-corrected chi connectivity index (χ4v) is 3.51. The van der Waals surface area contributed by atoms with Gasteiger partial charge in [-0.2, -0.15) is 5.10 Å². The molecule has 0 saturated carbocycles. The second-order valence-electron chi connectivity index (χ2n) is 5.91. The summed E-state index contributed by atoms with van der Waals surface area (Å²) in [5.74, 6) is 0.735. The second-order valence-corrected chi connectivity index (χ2v) is 7.10. The fourth-order valence-electron chi connectivity index (χ4n) is 2.54. The normalized spacial score (nSPS) is 18.5. The van der Waals surface area contributed by atoms with Gasteiger partial charge in [-0.05, 0) is 38.0 Å². The number of rotatable bonds is 6. The Balaban J connectivity index is 1.64. The summed E-state index contributed by atoms with van der Waals surface area (Å²) >= 11 is 1.41. The lowest BCUT2D eigenvalue weighted by molar-refractivity contribution is -0.118. The fraction of sp³-hybridized carbons (Fsp3) is 0.250. The highest BCUT2D eigenvalue weighted by Gasteiger charge is 2.30. The molecule has 0 aromatic heterocycles. The maximum absolute atomic E-state index is 12.1. The average Bonchev–Trinajstić information content (AvgIpc) is 2.98. The molecule has 0 aliphatic carbocycles. The molecule has 1 atom stereocenters. The summed E-state index contributed by atoms with van der Waals surface area (Å²) in [6.07, 6.45) is 2.31. The van der Waals surface area contributed by atoms with Crippen molar-refractivity contribution in [3.05, 3.63) is 65.2 Å². The number of ether oxygens (including phenoxy) is 1. The molecule has 134 valence electrons. The maximum Gasteiger partial charge on any atom is 0.239 e. The van der Waals surface area contributed by atoms with Gasteiger partial charge < -0.3 is 10.1 Å². The molecular formula is C20H21N3O2S. The molecule has 26 heavy (non-hydrogen) atoms. The number of benzene rings is 2. The van der Waals surface area contributed by atoms with Crippen molar-refractivity contribution in [2.75, 3.05) is 6.61 Å².